The summed E-state index contributed by atoms with van der Waals surface area (Å²) in [6, 6.07) is 5.17. The predicted molar refractivity (Wildman–Crippen MR) is 102 cm³/mol. The second kappa shape index (κ2) is 7.13. The van der Waals surface area contributed by atoms with Crippen LogP contribution in [0, 0.1) is 0 Å². The standard InChI is InChI=1S/C18H22ClN3O3S/c1-18(23)7-5-12(6-8-18)22-16-9-17(19)21-11-14(16)15-4-3-13(10-20-15)26(2,24)25/h3-4,9-12,23H,5-8H2,1-2H3,(H,21,22). The van der Waals surface area contributed by atoms with Crippen molar-refractivity contribution in [2.24, 2.45) is 0 Å². The van der Waals surface area contributed by atoms with E-state index in [2.05, 4.69) is 15.3 Å². The van der Waals surface area contributed by atoms with Crippen LogP contribution in [0.4, 0.5) is 5.69 Å². The van der Waals surface area contributed by atoms with Crippen molar-refractivity contribution in [2.45, 2.75) is 49.1 Å². The van der Waals surface area contributed by atoms with E-state index >= 15 is 0 Å². The van der Waals surface area contributed by atoms with E-state index < -0.39 is 15.4 Å². The summed E-state index contributed by atoms with van der Waals surface area (Å²) in [5, 5.41) is 14.0. The number of anilines is 1. The molecule has 0 bridgehead atoms. The Hall–Kier alpha value is -1.70. The minimum absolute atomic E-state index is 0.173. The van der Waals surface area contributed by atoms with E-state index in [0.29, 0.717) is 10.8 Å². The van der Waals surface area contributed by atoms with E-state index in [1.165, 1.54) is 12.3 Å². The zero-order valence-electron chi connectivity index (χ0n) is 14.7. The van der Waals surface area contributed by atoms with Crippen molar-refractivity contribution in [3.05, 3.63) is 35.7 Å². The van der Waals surface area contributed by atoms with Gasteiger partial charge < -0.3 is 10.4 Å². The number of halogens is 1. The van der Waals surface area contributed by atoms with Crippen LogP contribution >= 0.6 is 11.6 Å². The fraction of sp³-hybridized carbons (Fsp3) is 0.444. The molecule has 0 aliphatic heterocycles. The van der Waals surface area contributed by atoms with Crippen molar-refractivity contribution in [1.82, 2.24) is 9.97 Å². The lowest BCUT2D eigenvalue weighted by Crippen LogP contribution is -2.35. The summed E-state index contributed by atoms with van der Waals surface area (Å²) in [6.07, 6.45) is 7.31. The Bertz CT molecular complexity index is 888. The molecule has 2 aromatic heterocycles. The molecule has 2 N–H and O–H groups in total. The molecule has 0 aromatic carbocycles. The van der Waals surface area contributed by atoms with Gasteiger partial charge in [-0.25, -0.2) is 13.4 Å². The highest BCUT2D eigenvalue weighted by atomic mass is 35.5. The van der Waals surface area contributed by atoms with Gasteiger partial charge in [-0.1, -0.05) is 11.6 Å². The zero-order chi connectivity index (χ0) is 18.9. The van der Waals surface area contributed by atoms with Crippen LogP contribution in [0.25, 0.3) is 11.3 Å². The SMILES string of the molecule is CC1(O)CCC(Nc2cc(Cl)ncc2-c2ccc(S(C)(=O)=O)cn2)CC1. The van der Waals surface area contributed by atoms with Gasteiger partial charge in [0.05, 0.1) is 16.2 Å². The lowest BCUT2D eigenvalue weighted by molar-refractivity contribution is 0.0196. The van der Waals surface area contributed by atoms with E-state index in [1.54, 1.807) is 18.3 Å². The van der Waals surface area contributed by atoms with Gasteiger partial charge in [0.1, 0.15) is 5.15 Å². The molecule has 0 amide bonds. The Morgan fingerprint density at radius 1 is 1.23 bits per heavy atom. The first kappa shape index (κ1) is 19.1. The third-order valence-electron chi connectivity index (χ3n) is 4.73. The summed E-state index contributed by atoms with van der Waals surface area (Å²) >= 11 is 6.06. The van der Waals surface area contributed by atoms with Gasteiger partial charge in [0.25, 0.3) is 0 Å². The first-order valence-corrected chi connectivity index (χ1v) is 10.7. The van der Waals surface area contributed by atoms with Gasteiger partial charge in [-0.05, 0) is 50.8 Å². The second-order valence-corrected chi connectivity index (χ2v) is 9.52. The van der Waals surface area contributed by atoms with Gasteiger partial charge in [-0.3, -0.25) is 4.98 Å². The van der Waals surface area contributed by atoms with Crippen LogP contribution in [-0.4, -0.2) is 41.4 Å². The van der Waals surface area contributed by atoms with Crippen LogP contribution in [0.3, 0.4) is 0 Å². The van der Waals surface area contributed by atoms with Crippen LogP contribution in [0.2, 0.25) is 5.15 Å². The molecular weight excluding hydrogens is 374 g/mol. The van der Waals surface area contributed by atoms with Crippen LogP contribution < -0.4 is 5.32 Å². The van der Waals surface area contributed by atoms with Crippen molar-refractivity contribution in [1.29, 1.82) is 0 Å². The molecule has 0 unspecified atom stereocenters. The molecule has 1 aliphatic carbocycles. The summed E-state index contributed by atoms with van der Waals surface area (Å²) in [6.45, 7) is 1.87. The highest BCUT2D eigenvalue weighted by Crippen LogP contribution is 2.33. The molecule has 0 radical (unpaired) electrons. The normalized spacial score (nSPS) is 23.6. The molecular formula is C18H22ClN3O3S. The van der Waals surface area contributed by atoms with Crippen LogP contribution in [0.15, 0.2) is 35.5 Å². The molecule has 6 nitrogen and oxygen atoms in total. The van der Waals surface area contributed by atoms with Crippen LogP contribution in [0.1, 0.15) is 32.6 Å². The summed E-state index contributed by atoms with van der Waals surface area (Å²) < 4.78 is 23.2. The van der Waals surface area contributed by atoms with Gasteiger partial charge >= 0.3 is 0 Å². The summed E-state index contributed by atoms with van der Waals surface area (Å²) in [5.41, 5.74) is 1.58. The van der Waals surface area contributed by atoms with E-state index in [9.17, 15) is 13.5 Å². The molecule has 1 saturated carbocycles. The maximum Gasteiger partial charge on any atom is 0.177 e. The molecule has 140 valence electrons. The smallest absolute Gasteiger partial charge is 0.177 e. The van der Waals surface area contributed by atoms with E-state index in [1.807, 2.05) is 6.92 Å². The number of sulfone groups is 1. The van der Waals surface area contributed by atoms with Crippen molar-refractivity contribution in [3.63, 3.8) is 0 Å². The summed E-state index contributed by atoms with van der Waals surface area (Å²) in [5.74, 6) is 0. The summed E-state index contributed by atoms with van der Waals surface area (Å²) in [4.78, 5) is 8.58. The van der Waals surface area contributed by atoms with Gasteiger partial charge in [0, 0.05) is 35.9 Å². The fourth-order valence-electron chi connectivity index (χ4n) is 3.12. The number of hydrogen-bond donors (Lipinski definition) is 2. The third kappa shape index (κ3) is 4.52. The topological polar surface area (TPSA) is 92.2 Å². The molecule has 2 heterocycles. The molecule has 3 rings (SSSR count). The molecule has 8 heteroatoms. The van der Waals surface area contributed by atoms with Crippen molar-refractivity contribution in [3.8, 4) is 11.3 Å². The second-order valence-electron chi connectivity index (χ2n) is 7.12. The fourth-order valence-corrected chi connectivity index (χ4v) is 3.83. The van der Waals surface area contributed by atoms with Gasteiger partial charge in [0.2, 0.25) is 0 Å². The molecule has 1 aliphatic rings. The minimum Gasteiger partial charge on any atom is -0.390 e. The number of aliphatic hydroxyl groups is 1. The van der Waals surface area contributed by atoms with Crippen molar-refractivity contribution < 1.29 is 13.5 Å². The molecule has 0 spiro atoms. The zero-order valence-corrected chi connectivity index (χ0v) is 16.3. The monoisotopic (exact) mass is 395 g/mol. The number of pyridine rings is 2. The number of hydrogen-bond acceptors (Lipinski definition) is 6. The first-order chi connectivity index (χ1) is 12.1. The Labute approximate surface area is 158 Å². The Kier molecular flexibility index (Phi) is 5.23. The van der Waals surface area contributed by atoms with Gasteiger partial charge in [0.15, 0.2) is 9.84 Å². The molecule has 26 heavy (non-hydrogen) atoms. The Morgan fingerprint density at radius 2 is 1.92 bits per heavy atom. The van der Waals surface area contributed by atoms with Gasteiger partial charge in [-0.2, -0.15) is 0 Å². The maximum absolute atomic E-state index is 11.6. The highest BCUT2D eigenvalue weighted by Gasteiger charge is 2.29. The van der Waals surface area contributed by atoms with Crippen LogP contribution in [-0.2, 0) is 9.84 Å². The van der Waals surface area contributed by atoms with E-state index in [4.69, 9.17) is 11.6 Å². The number of nitrogens with zero attached hydrogens (tertiary/aromatic N) is 2. The van der Waals surface area contributed by atoms with E-state index in [0.717, 1.165) is 43.2 Å². The Balaban J connectivity index is 1.87. The number of nitrogens with one attached hydrogen (secondary N) is 1. The molecule has 0 saturated heterocycles. The maximum atomic E-state index is 11.6. The minimum atomic E-state index is -3.29. The lowest BCUT2D eigenvalue weighted by atomic mass is 9.83. The van der Waals surface area contributed by atoms with Crippen molar-refractivity contribution in [2.75, 3.05) is 11.6 Å². The van der Waals surface area contributed by atoms with Gasteiger partial charge in [-0.15, -0.1) is 0 Å². The van der Waals surface area contributed by atoms with E-state index in [-0.39, 0.29) is 10.9 Å². The average Bonchev–Trinajstić information content (AvgIpc) is 2.56. The molecule has 2 aromatic rings. The first-order valence-electron chi connectivity index (χ1n) is 8.45. The largest absolute Gasteiger partial charge is 0.390 e. The summed E-state index contributed by atoms with van der Waals surface area (Å²) in [7, 11) is -3.29. The number of aromatic nitrogens is 2. The highest BCUT2D eigenvalue weighted by molar-refractivity contribution is 7.90. The number of rotatable bonds is 4. The van der Waals surface area contributed by atoms with Crippen LogP contribution in [0.5, 0.6) is 0 Å². The lowest BCUT2D eigenvalue weighted by Gasteiger charge is -2.34. The third-order valence-corrected chi connectivity index (χ3v) is 6.04. The van der Waals surface area contributed by atoms with Crippen molar-refractivity contribution >= 4 is 27.1 Å². The average molecular weight is 396 g/mol. The quantitative estimate of drug-likeness (QED) is 0.771. The molecule has 1 fully saturated rings. The molecule has 0 atom stereocenters. The predicted octanol–water partition coefficient (Wildman–Crippen LogP) is 3.31. The Morgan fingerprint density at radius 3 is 2.50 bits per heavy atom.